The summed E-state index contributed by atoms with van der Waals surface area (Å²) >= 11 is 0. The van der Waals surface area contributed by atoms with Crippen molar-refractivity contribution in [1.82, 2.24) is 4.98 Å². The van der Waals surface area contributed by atoms with E-state index < -0.39 is 0 Å². The standard InChI is InChI=1S/C16H18N2O/c17-11-16(8-1-2-9-16)15(19)13-5-3-7-14-12(13)6-4-10-18-14/h3-7,10H,1-2,8-9,11,17H2. The molecule has 0 atom stereocenters. The van der Waals surface area contributed by atoms with Crippen LogP contribution in [0.25, 0.3) is 10.9 Å². The Hall–Kier alpha value is -1.74. The fourth-order valence-electron chi connectivity index (χ4n) is 3.16. The SMILES string of the molecule is NCC1(C(=O)c2cccc3ncccc23)CCCC1. The van der Waals surface area contributed by atoms with Gasteiger partial charge >= 0.3 is 0 Å². The van der Waals surface area contributed by atoms with Gasteiger partial charge in [0.2, 0.25) is 0 Å². The van der Waals surface area contributed by atoms with Gasteiger partial charge in [-0.3, -0.25) is 9.78 Å². The van der Waals surface area contributed by atoms with Crippen LogP contribution >= 0.6 is 0 Å². The molecule has 19 heavy (non-hydrogen) atoms. The predicted molar refractivity (Wildman–Crippen MR) is 76.0 cm³/mol. The number of aromatic nitrogens is 1. The van der Waals surface area contributed by atoms with Crippen LogP contribution in [0.3, 0.4) is 0 Å². The molecule has 0 unspecified atom stereocenters. The second-order valence-corrected chi connectivity index (χ2v) is 5.40. The zero-order valence-electron chi connectivity index (χ0n) is 10.9. The normalized spacial score (nSPS) is 17.7. The molecule has 3 nitrogen and oxygen atoms in total. The number of fused-ring (bicyclic) bond motifs is 1. The Balaban J connectivity index is 2.11. The van der Waals surface area contributed by atoms with Crippen molar-refractivity contribution in [2.24, 2.45) is 11.1 Å². The summed E-state index contributed by atoms with van der Waals surface area (Å²) in [4.78, 5) is 17.2. The molecule has 3 heteroatoms. The van der Waals surface area contributed by atoms with E-state index in [4.69, 9.17) is 5.73 Å². The van der Waals surface area contributed by atoms with Gasteiger partial charge in [0.05, 0.1) is 5.52 Å². The summed E-state index contributed by atoms with van der Waals surface area (Å²) in [7, 11) is 0. The Kier molecular flexibility index (Phi) is 3.07. The van der Waals surface area contributed by atoms with E-state index in [0.717, 1.165) is 42.1 Å². The Labute approximate surface area is 112 Å². The van der Waals surface area contributed by atoms with Crippen LogP contribution < -0.4 is 5.73 Å². The van der Waals surface area contributed by atoms with Crippen LogP contribution in [0.5, 0.6) is 0 Å². The lowest BCUT2D eigenvalue weighted by Gasteiger charge is -2.26. The van der Waals surface area contributed by atoms with Crippen LogP contribution in [0.1, 0.15) is 36.0 Å². The fraction of sp³-hybridized carbons (Fsp3) is 0.375. The Bertz CT molecular complexity index is 610. The molecular formula is C16H18N2O. The molecule has 1 aliphatic rings. The first-order chi connectivity index (χ1) is 9.27. The molecule has 1 aromatic carbocycles. The van der Waals surface area contributed by atoms with Crippen LogP contribution in [0.15, 0.2) is 36.5 Å². The second kappa shape index (κ2) is 4.74. The van der Waals surface area contributed by atoms with Crippen molar-refractivity contribution in [3.63, 3.8) is 0 Å². The minimum atomic E-state index is -0.343. The lowest BCUT2D eigenvalue weighted by Crippen LogP contribution is -2.36. The number of Topliss-reactive ketones (excluding diaryl/α,β-unsaturated/α-hetero) is 1. The van der Waals surface area contributed by atoms with Crippen molar-refractivity contribution in [3.05, 3.63) is 42.1 Å². The van der Waals surface area contributed by atoms with Gasteiger partial charge in [-0.15, -0.1) is 0 Å². The van der Waals surface area contributed by atoms with E-state index >= 15 is 0 Å². The molecule has 1 fully saturated rings. The van der Waals surface area contributed by atoms with Gasteiger partial charge < -0.3 is 5.73 Å². The molecule has 0 saturated heterocycles. The maximum atomic E-state index is 12.9. The molecule has 0 bridgehead atoms. The highest BCUT2D eigenvalue weighted by Crippen LogP contribution is 2.40. The number of rotatable bonds is 3. The quantitative estimate of drug-likeness (QED) is 0.857. The van der Waals surface area contributed by atoms with Crippen molar-refractivity contribution in [3.8, 4) is 0 Å². The van der Waals surface area contributed by atoms with Crippen molar-refractivity contribution < 1.29 is 4.79 Å². The molecule has 1 heterocycles. The van der Waals surface area contributed by atoms with Gasteiger partial charge in [-0.2, -0.15) is 0 Å². The molecule has 2 aromatic rings. The Morgan fingerprint density at radius 2 is 2.00 bits per heavy atom. The molecule has 1 aromatic heterocycles. The fourth-order valence-corrected chi connectivity index (χ4v) is 3.16. The van der Waals surface area contributed by atoms with Crippen LogP contribution in [0.2, 0.25) is 0 Å². The Morgan fingerprint density at radius 3 is 2.74 bits per heavy atom. The summed E-state index contributed by atoms with van der Waals surface area (Å²) < 4.78 is 0. The number of carbonyl (C=O) groups is 1. The van der Waals surface area contributed by atoms with E-state index in [1.54, 1.807) is 6.20 Å². The molecule has 0 amide bonds. The molecule has 1 aliphatic carbocycles. The number of hydrogen-bond donors (Lipinski definition) is 1. The second-order valence-electron chi connectivity index (χ2n) is 5.40. The minimum absolute atomic E-state index is 0.200. The van der Waals surface area contributed by atoms with E-state index in [0.29, 0.717) is 6.54 Å². The zero-order chi connectivity index (χ0) is 13.3. The monoisotopic (exact) mass is 254 g/mol. The lowest BCUT2D eigenvalue weighted by molar-refractivity contribution is 0.0811. The van der Waals surface area contributed by atoms with E-state index in [1.807, 2.05) is 30.3 Å². The third-order valence-electron chi connectivity index (χ3n) is 4.32. The van der Waals surface area contributed by atoms with E-state index in [-0.39, 0.29) is 11.2 Å². The molecule has 2 N–H and O–H groups in total. The molecule has 98 valence electrons. The number of hydrogen-bond acceptors (Lipinski definition) is 3. The first kappa shape index (κ1) is 12.3. The Morgan fingerprint density at radius 1 is 1.21 bits per heavy atom. The highest BCUT2D eigenvalue weighted by atomic mass is 16.1. The third kappa shape index (κ3) is 1.94. The average Bonchev–Trinajstić information content (AvgIpc) is 2.96. The maximum Gasteiger partial charge on any atom is 0.170 e. The highest BCUT2D eigenvalue weighted by Gasteiger charge is 2.40. The summed E-state index contributed by atoms with van der Waals surface area (Å²) in [6.07, 6.45) is 5.79. The van der Waals surface area contributed by atoms with E-state index in [9.17, 15) is 4.79 Å². The van der Waals surface area contributed by atoms with E-state index in [1.165, 1.54) is 0 Å². The largest absolute Gasteiger partial charge is 0.329 e. The summed E-state index contributed by atoms with van der Waals surface area (Å²) in [5.41, 5.74) is 7.22. The summed E-state index contributed by atoms with van der Waals surface area (Å²) in [5.74, 6) is 0.200. The van der Waals surface area contributed by atoms with Crippen LogP contribution in [-0.4, -0.2) is 17.3 Å². The number of benzene rings is 1. The van der Waals surface area contributed by atoms with Crippen LogP contribution in [0.4, 0.5) is 0 Å². The maximum absolute atomic E-state index is 12.9. The molecule has 3 rings (SSSR count). The van der Waals surface area contributed by atoms with Crippen molar-refractivity contribution >= 4 is 16.7 Å². The zero-order valence-corrected chi connectivity index (χ0v) is 10.9. The number of nitrogens with two attached hydrogens (primary N) is 1. The van der Waals surface area contributed by atoms with Gasteiger partial charge in [0.1, 0.15) is 0 Å². The van der Waals surface area contributed by atoms with Gasteiger partial charge in [0, 0.05) is 29.1 Å². The first-order valence-corrected chi connectivity index (χ1v) is 6.85. The van der Waals surface area contributed by atoms with Crippen LogP contribution in [0, 0.1) is 5.41 Å². The first-order valence-electron chi connectivity index (χ1n) is 6.85. The van der Waals surface area contributed by atoms with Crippen molar-refractivity contribution in [2.75, 3.05) is 6.54 Å². The minimum Gasteiger partial charge on any atom is -0.329 e. The molecule has 1 saturated carbocycles. The molecule has 0 radical (unpaired) electrons. The van der Waals surface area contributed by atoms with Crippen molar-refractivity contribution in [2.45, 2.75) is 25.7 Å². The average molecular weight is 254 g/mol. The predicted octanol–water partition coefficient (Wildman–Crippen LogP) is 2.94. The lowest BCUT2D eigenvalue weighted by atomic mass is 9.78. The third-order valence-corrected chi connectivity index (χ3v) is 4.32. The summed E-state index contributed by atoms with van der Waals surface area (Å²) in [6.45, 7) is 0.447. The molecule has 0 spiro atoms. The topological polar surface area (TPSA) is 56.0 Å². The van der Waals surface area contributed by atoms with Gasteiger partial charge in [0.25, 0.3) is 0 Å². The number of carbonyl (C=O) groups excluding carboxylic acids is 1. The number of nitrogens with zero attached hydrogens (tertiary/aromatic N) is 1. The van der Waals surface area contributed by atoms with Crippen LogP contribution in [-0.2, 0) is 0 Å². The van der Waals surface area contributed by atoms with Gasteiger partial charge in [-0.1, -0.05) is 31.0 Å². The number of ketones is 1. The molecule has 0 aliphatic heterocycles. The molecular weight excluding hydrogens is 236 g/mol. The summed E-state index contributed by atoms with van der Waals surface area (Å²) in [5, 5.41) is 0.940. The van der Waals surface area contributed by atoms with Crippen molar-refractivity contribution in [1.29, 1.82) is 0 Å². The van der Waals surface area contributed by atoms with Gasteiger partial charge in [0.15, 0.2) is 5.78 Å². The smallest absolute Gasteiger partial charge is 0.170 e. The number of pyridine rings is 1. The van der Waals surface area contributed by atoms with Gasteiger partial charge in [-0.05, 0) is 25.0 Å². The highest BCUT2D eigenvalue weighted by molar-refractivity contribution is 6.10. The van der Waals surface area contributed by atoms with Gasteiger partial charge in [-0.25, -0.2) is 0 Å². The summed E-state index contributed by atoms with van der Waals surface area (Å²) in [6, 6.07) is 9.59. The van der Waals surface area contributed by atoms with E-state index in [2.05, 4.69) is 4.98 Å².